The third-order valence-corrected chi connectivity index (χ3v) is 5.39. The summed E-state index contributed by atoms with van der Waals surface area (Å²) < 4.78 is 5.36. The van der Waals surface area contributed by atoms with Crippen LogP contribution < -0.4 is 11.1 Å². The molecule has 4 rings (SSSR count). The molecule has 2 fully saturated rings. The Morgan fingerprint density at radius 3 is 2.93 bits per heavy atom. The number of phenolic OH excluding ortho intramolecular Hbond substituents is 1. The van der Waals surface area contributed by atoms with E-state index in [0.29, 0.717) is 29.6 Å². The average molecular weight is 372 g/mol. The molecule has 0 radical (unpaired) electrons. The second kappa shape index (κ2) is 7.21. The molecule has 4 N–H and O–H groups in total. The SMILES string of the molecule is N[C@@H]1CCCN1C(=O)CN1CC[C@H](NC(=O)c2coc3cc(O)ccc23)C1. The average Bonchev–Trinajstić information content (AvgIpc) is 3.34. The number of benzene rings is 1. The van der Waals surface area contributed by atoms with Crippen molar-refractivity contribution < 1.29 is 19.1 Å². The molecule has 1 aromatic carbocycles. The van der Waals surface area contributed by atoms with E-state index in [1.165, 1.54) is 18.4 Å². The number of rotatable bonds is 4. The minimum absolute atomic E-state index is 0.0142. The van der Waals surface area contributed by atoms with Crippen LogP contribution in [0.3, 0.4) is 0 Å². The first kappa shape index (κ1) is 17.8. The van der Waals surface area contributed by atoms with E-state index in [1.54, 1.807) is 11.0 Å². The Labute approximate surface area is 156 Å². The molecule has 2 aliphatic rings. The number of nitrogens with two attached hydrogens (primary N) is 1. The first-order valence-corrected chi connectivity index (χ1v) is 9.30. The largest absolute Gasteiger partial charge is 0.508 e. The molecule has 27 heavy (non-hydrogen) atoms. The molecule has 144 valence electrons. The Morgan fingerprint density at radius 2 is 2.15 bits per heavy atom. The fraction of sp³-hybridized carbons (Fsp3) is 0.474. The molecule has 0 saturated carbocycles. The molecular weight excluding hydrogens is 348 g/mol. The molecule has 8 heteroatoms. The molecule has 0 bridgehead atoms. The summed E-state index contributed by atoms with van der Waals surface area (Å²) in [6.45, 7) is 2.47. The van der Waals surface area contributed by atoms with Crippen molar-refractivity contribution in [3.8, 4) is 5.75 Å². The summed E-state index contributed by atoms with van der Waals surface area (Å²) in [5.41, 5.74) is 6.88. The van der Waals surface area contributed by atoms with Crippen molar-refractivity contribution in [3.63, 3.8) is 0 Å². The van der Waals surface area contributed by atoms with E-state index in [-0.39, 0.29) is 29.8 Å². The molecule has 0 unspecified atom stereocenters. The van der Waals surface area contributed by atoms with Crippen molar-refractivity contribution in [2.75, 3.05) is 26.2 Å². The minimum Gasteiger partial charge on any atom is -0.508 e. The summed E-state index contributed by atoms with van der Waals surface area (Å²) in [7, 11) is 0. The zero-order valence-electron chi connectivity index (χ0n) is 15.1. The fourth-order valence-corrected chi connectivity index (χ4v) is 3.93. The lowest BCUT2D eigenvalue weighted by Gasteiger charge is -2.24. The molecule has 0 aliphatic carbocycles. The fourth-order valence-electron chi connectivity index (χ4n) is 3.93. The van der Waals surface area contributed by atoms with Crippen LogP contribution in [0.1, 0.15) is 29.6 Å². The maximum Gasteiger partial charge on any atom is 0.255 e. The number of hydrogen-bond acceptors (Lipinski definition) is 6. The second-order valence-electron chi connectivity index (χ2n) is 7.32. The molecule has 2 saturated heterocycles. The number of furan rings is 1. The van der Waals surface area contributed by atoms with Gasteiger partial charge in [-0.1, -0.05) is 0 Å². The van der Waals surface area contributed by atoms with Crippen LogP contribution in [-0.2, 0) is 4.79 Å². The highest BCUT2D eigenvalue weighted by atomic mass is 16.3. The number of nitrogens with zero attached hydrogens (tertiary/aromatic N) is 2. The number of phenols is 1. The van der Waals surface area contributed by atoms with Crippen molar-refractivity contribution in [2.45, 2.75) is 31.5 Å². The van der Waals surface area contributed by atoms with E-state index in [0.717, 1.165) is 32.4 Å². The predicted octanol–water partition coefficient (Wildman–Crippen LogP) is 0.850. The smallest absolute Gasteiger partial charge is 0.255 e. The monoisotopic (exact) mass is 372 g/mol. The van der Waals surface area contributed by atoms with Crippen LogP contribution in [-0.4, -0.2) is 65.1 Å². The van der Waals surface area contributed by atoms with Gasteiger partial charge >= 0.3 is 0 Å². The Balaban J connectivity index is 1.34. The molecule has 1 aromatic heterocycles. The Morgan fingerprint density at radius 1 is 1.30 bits per heavy atom. The van der Waals surface area contributed by atoms with Gasteiger partial charge in [0.05, 0.1) is 18.3 Å². The maximum atomic E-state index is 12.6. The zero-order chi connectivity index (χ0) is 19.0. The molecule has 2 aromatic rings. The van der Waals surface area contributed by atoms with Crippen LogP contribution in [0.4, 0.5) is 0 Å². The van der Waals surface area contributed by atoms with Crippen LogP contribution in [0.2, 0.25) is 0 Å². The van der Waals surface area contributed by atoms with Crippen molar-refractivity contribution in [1.82, 2.24) is 15.1 Å². The van der Waals surface area contributed by atoms with Gasteiger partial charge in [0, 0.05) is 37.1 Å². The highest BCUT2D eigenvalue weighted by Gasteiger charge is 2.30. The molecule has 2 aliphatic heterocycles. The van der Waals surface area contributed by atoms with Gasteiger partial charge in [0.2, 0.25) is 5.91 Å². The number of amides is 2. The molecule has 8 nitrogen and oxygen atoms in total. The van der Waals surface area contributed by atoms with Gasteiger partial charge in [-0.2, -0.15) is 0 Å². The zero-order valence-corrected chi connectivity index (χ0v) is 15.1. The van der Waals surface area contributed by atoms with Gasteiger partial charge < -0.3 is 25.5 Å². The van der Waals surface area contributed by atoms with Crippen molar-refractivity contribution in [3.05, 3.63) is 30.0 Å². The van der Waals surface area contributed by atoms with Crippen LogP contribution in [0, 0.1) is 0 Å². The van der Waals surface area contributed by atoms with E-state index in [9.17, 15) is 14.7 Å². The molecule has 2 amide bonds. The standard InChI is InChI=1S/C19H24N4O4/c20-17-2-1-6-23(17)18(25)10-22-7-5-12(9-22)21-19(26)15-11-27-16-8-13(24)3-4-14(15)16/h3-4,8,11-12,17,24H,1-2,5-7,9-10,20H2,(H,21,26)/t12-,17-/m0/s1. The van der Waals surface area contributed by atoms with E-state index in [2.05, 4.69) is 10.2 Å². The summed E-state index contributed by atoms with van der Waals surface area (Å²) in [6.07, 6.45) is 3.86. The third kappa shape index (κ3) is 3.63. The summed E-state index contributed by atoms with van der Waals surface area (Å²) in [6, 6.07) is 4.67. The van der Waals surface area contributed by atoms with Gasteiger partial charge in [-0.25, -0.2) is 0 Å². The number of fused-ring (bicyclic) bond motifs is 1. The first-order valence-electron chi connectivity index (χ1n) is 9.30. The van der Waals surface area contributed by atoms with Crippen molar-refractivity contribution >= 4 is 22.8 Å². The predicted molar refractivity (Wildman–Crippen MR) is 99.1 cm³/mol. The Bertz CT molecular complexity index is 865. The van der Waals surface area contributed by atoms with Crippen LogP contribution in [0.25, 0.3) is 11.0 Å². The van der Waals surface area contributed by atoms with E-state index in [1.807, 2.05) is 0 Å². The number of aromatic hydroxyl groups is 1. The lowest BCUT2D eigenvalue weighted by molar-refractivity contribution is -0.132. The van der Waals surface area contributed by atoms with Crippen molar-refractivity contribution in [1.29, 1.82) is 0 Å². The Hall–Kier alpha value is -2.58. The van der Waals surface area contributed by atoms with E-state index >= 15 is 0 Å². The van der Waals surface area contributed by atoms with E-state index in [4.69, 9.17) is 10.2 Å². The van der Waals surface area contributed by atoms with E-state index < -0.39 is 0 Å². The number of likely N-dealkylation sites (tertiary alicyclic amines) is 2. The van der Waals surface area contributed by atoms with Gasteiger partial charge in [0.1, 0.15) is 17.6 Å². The number of hydrogen-bond donors (Lipinski definition) is 3. The second-order valence-corrected chi connectivity index (χ2v) is 7.32. The normalized spacial score (nSPS) is 23.2. The Kier molecular flexibility index (Phi) is 4.75. The molecule has 0 spiro atoms. The van der Waals surface area contributed by atoms with Gasteiger partial charge in [-0.3, -0.25) is 14.5 Å². The van der Waals surface area contributed by atoms with Gasteiger partial charge in [-0.15, -0.1) is 0 Å². The lowest BCUT2D eigenvalue weighted by Crippen LogP contribution is -2.46. The van der Waals surface area contributed by atoms with Crippen LogP contribution >= 0.6 is 0 Å². The third-order valence-electron chi connectivity index (χ3n) is 5.39. The number of nitrogens with one attached hydrogen (secondary N) is 1. The number of carbonyl (C=O) groups excluding carboxylic acids is 2. The topological polar surface area (TPSA) is 112 Å². The minimum atomic E-state index is -0.209. The van der Waals surface area contributed by atoms with Gasteiger partial charge in [0.25, 0.3) is 5.91 Å². The number of carbonyl (C=O) groups is 2. The molecule has 2 atom stereocenters. The highest BCUT2D eigenvalue weighted by Crippen LogP contribution is 2.25. The summed E-state index contributed by atoms with van der Waals surface area (Å²) in [5, 5.41) is 13.2. The lowest BCUT2D eigenvalue weighted by atomic mass is 10.1. The highest BCUT2D eigenvalue weighted by molar-refractivity contribution is 6.06. The maximum absolute atomic E-state index is 12.6. The van der Waals surface area contributed by atoms with Crippen molar-refractivity contribution in [2.24, 2.45) is 5.73 Å². The first-order chi connectivity index (χ1) is 13.0. The van der Waals surface area contributed by atoms with Gasteiger partial charge in [-0.05, 0) is 31.4 Å². The molecule has 3 heterocycles. The van der Waals surface area contributed by atoms with Crippen LogP contribution in [0.15, 0.2) is 28.9 Å². The molecular formula is C19H24N4O4. The quantitative estimate of drug-likeness (QED) is 0.734. The summed E-state index contributed by atoms with van der Waals surface area (Å²) >= 11 is 0. The summed E-state index contributed by atoms with van der Waals surface area (Å²) in [5.74, 6) is -0.0515. The van der Waals surface area contributed by atoms with Gasteiger partial charge in [0.15, 0.2) is 0 Å². The summed E-state index contributed by atoms with van der Waals surface area (Å²) in [4.78, 5) is 28.8. The van der Waals surface area contributed by atoms with Crippen LogP contribution in [0.5, 0.6) is 5.75 Å².